The molecule has 0 N–H and O–H groups in total. The van der Waals surface area contributed by atoms with E-state index in [2.05, 4.69) is 45.9 Å². The predicted octanol–water partition coefficient (Wildman–Crippen LogP) is 4.89. The fourth-order valence-electron chi connectivity index (χ4n) is 3.93. The summed E-state index contributed by atoms with van der Waals surface area (Å²) in [4.78, 5) is 7.43. The van der Waals surface area contributed by atoms with E-state index in [1.807, 2.05) is 59.3 Å². The van der Waals surface area contributed by atoms with Crippen LogP contribution >= 0.6 is 0 Å². The first-order chi connectivity index (χ1) is 14.9. The lowest BCUT2D eigenvalue weighted by Crippen LogP contribution is -2.33. The molecule has 3 aromatic carbocycles. The maximum absolute atomic E-state index is 5.09. The van der Waals surface area contributed by atoms with Gasteiger partial charge in [-0.2, -0.15) is 4.68 Å². The number of para-hydroxylation sites is 3. The van der Waals surface area contributed by atoms with Crippen molar-refractivity contribution in [3.8, 4) is 11.4 Å². The number of benzene rings is 3. The smallest absolute Gasteiger partial charge is 0.239 e. The van der Waals surface area contributed by atoms with Crippen LogP contribution in [0.3, 0.4) is 0 Å². The average molecular weight is 396 g/mol. The van der Waals surface area contributed by atoms with Gasteiger partial charge in [-0.1, -0.05) is 54.6 Å². The van der Waals surface area contributed by atoms with Crippen LogP contribution in [0.4, 0.5) is 11.6 Å². The Kier molecular flexibility index (Phi) is 5.17. The van der Waals surface area contributed by atoms with Gasteiger partial charge in [0.15, 0.2) is 0 Å². The summed E-state index contributed by atoms with van der Waals surface area (Å²) in [6.45, 7) is 2.03. The molecule has 0 radical (unpaired) electrons. The van der Waals surface area contributed by atoms with Crippen molar-refractivity contribution in [2.45, 2.75) is 19.3 Å². The minimum atomic E-state index is 0.791. The molecular formula is C25H25N5. The largest absolute Gasteiger partial charge is 0.341 e. The fourth-order valence-corrected chi connectivity index (χ4v) is 3.93. The summed E-state index contributed by atoms with van der Waals surface area (Å²) in [5, 5.41) is 5.09. The molecule has 1 aromatic heterocycles. The Labute approximate surface area is 176 Å². The summed E-state index contributed by atoms with van der Waals surface area (Å²) in [7, 11) is 0. The first kappa shape index (κ1) is 18.4. The fraction of sp³-hybridized carbons (Fsp3) is 0.200. The first-order valence-electron chi connectivity index (χ1n) is 10.6. The second kappa shape index (κ2) is 8.41. The molecule has 4 aromatic rings. The van der Waals surface area contributed by atoms with Crippen molar-refractivity contribution in [2.24, 2.45) is 4.99 Å². The van der Waals surface area contributed by atoms with Crippen LogP contribution in [0.5, 0.6) is 0 Å². The molecule has 1 saturated heterocycles. The van der Waals surface area contributed by atoms with Gasteiger partial charge in [0, 0.05) is 13.1 Å². The van der Waals surface area contributed by atoms with Gasteiger partial charge in [-0.15, -0.1) is 5.10 Å². The van der Waals surface area contributed by atoms with Gasteiger partial charge < -0.3 is 4.90 Å². The first-order valence-corrected chi connectivity index (χ1v) is 10.6. The van der Waals surface area contributed by atoms with E-state index in [0.29, 0.717) is 0 Å². The third-order valence-corrected chi connectivity index (χ3v) is 5.42. The molecule has 0 saturated carbocycles. The molecule has 5 nitrogen and oxygen atoms in total. The van der Waals surface area contributed by atoms with E-state index in [9.17, 15) is 0 Å². The Morgan fingerprint density at radius 3 is 1.83 bits per heavy atom. The number of rotatable bonds is 4. The highest BCUT2D eigenvalue weighted by molar-refractivity contribution is 5.45. The van der Waals surface area contributed by atoms with Gasteiger partial charge in [0.25, 0.3) is 0 Å². The van der Waals surface area contributed by atoms with Crippen molar-refractivity contribution in [1.82, 2.24) is 14.3 Å². The van der Waals surface area contributed by atoms with Crippen molar-refractivity contribution in [2.75, 3.05) is 18.0 Å². The molecule has 0 spiro atoms. The van der Waals surface area contributed by atoms with Crippen molar-refractivity contribution in [3.05, 3.63) is 96.6 Å². The number of hydrogen-bond acceptors (Lipinski definition) is 3. The average Bonchev–Trinajstić information content (AvgIpc) is 3.20. The summed E-state index contributed by atoms with van der Waals surface area (Å²) in [5.74, 6) is 0.944. The van der Waals surface area contributed by atoms with Gasteiger partial charge in [0.1, 0.15) is 0 Å². The molecule has 5 heteroatoms. The standard InChI is InChI=1S/C25H25N5/c1-5-13-21(14-6-1)26-24-29(22-15-7-2-8-16-22)25(28-19-11-4-12-20-28)27-30(24)23-17-9-3-10-18-23/h1-3,5-10,13-18H,4,11-12,19-20H2. The number of nitrogens with zero attached hydrogens (tertiary/aromatic N) is 5. The lowest BCUT2D eigenvalue weighted by molar-refractivity contribution is 0.564. The maximum atomic E-state index is 5.09. The molecule has 0 aliphatic carbocycles. The summed E-state index contributed by atoms with van der Waals surface area (Å²) in [6, 6.07) is 30.8. The van der Waals surface area contributed by atoms with E-state index < -0.39 is 0 Å². The van der Waals surface area contributed by atoms with Crippen LogP contribution in [0.1, 0.15) is 19.3 Å². The van der Waals surface area contributed by atoms with Crippen LogP contribution < -0.4 is 10.5 Å². The minimum Gasteiger partial charge on any atom is -0.341 e. The van der Waals surface area contributed by atoms with Gasteiger partial charge >= 0.3 is 0 Å². The summed E-state index contributed by atoms with van der Waals surface area (Å²) < 4.78 is 4.15. The molecule has 1 fully saturated rings. The van der Waals surface area contributed by atoms with Gasteiger partial charge in [-0.25, -0.2) is 9.56 Å². The predicted molar refractivity (Wildman–Crippen MR) is 121 cm³/mol. The van der Waals surface area contributed by atoms with Crippen molar-refractivity contribution in [1.29, 1.82) is 0 Å². The van der Waals surface area contributed by atoms with E-state index >= 15 is 0 Å². The highest BCUT2D eigenvalue weighted by atomic mass is 15.5. The van der Waals surface area contributed by atoms with Crippen molar-refractivity contribution < 1.29 is 0 Å². The van der Waals surface area contributed by atoms with E-state index in [0.717, 1.165) is 41.7 Å². The Hall–Kier alpha value is -3.60. The molecule has 0 atom stereocenters. The number of hydrogen-bond donors (Lipinski definition) is 0. The Balaban J connectivity index is 1.81. The lowest BCUT2D eigenvalue weighted by Gasteiger charge is -2.27. The Bertz CT molecular complexity index is 1150. The zero-order chi connectivity index (χ0) is 20.2. The molecule has 5 rings (SSSR count). The lowest BCUT2D eigenvalue weighted by atomic mass is 10.1. The molecule has 2 heterocycles. The monoisotopic (exact) mass is 395 g/mol. The van der Waals surface area contributed by atoms with E-state index in [4.69, 9.17) is 10.1 Å². The molecule has 0 bridgehead atoms. The highest BCUT2D eigenvalue weighted by Crippen LogP contribution is 2.22. The minimum absolute atomic E-state index is 0.791. The molecule has 0 unspecified atom stereocenters. The summed E-state index contributed by atoms with van der Waals surface area (Å²) in [6.07, 6.45) is 3.67. The number of piperidine rings is 1. The van der Waals surface area contributed by atoms with Crippen LogP contribution in [0, 0.1) is 0 Å². The third-order valence-electron chi connectivity index (χ3n) is 5.42. The van der Waals surface area contributed by atoms with Crippen LogP contribution in [0.2, 0.25) is 0 Å². The van der Waals surface area contributed by atoms with Crippen molar-refractivity contribution >= 4 is 11.6 Å². The quantitative estimate of drug-likeness (QED) is 0.494. The van der Waals surface area contributed by atoms with Gasteiger partial charge in [-0.05, 0) is 55.7 Å². The SMILES string of the molecule is c1ccc(N=c2n(-c3ccccc3)nc(N3CCCCC3)n2-c2ccccc2)cc1. The second-order valence-corrected chi connectivity index (χ2v) is 7.51. The van der Waals surface area contributed by atoms with Crippen LogP contribution in [0.15, 0.2) is 96.0 Å². The van der Waals surface area contributed by atoms with E-state index in [1.165, 1.54) is 19.3 Å². The van der Waals surface area contributed by atoms with Gasteiger partial charge in [-0.3, -0.25) is 0 Å². The Morgan fingerprint density at radius 1 is 0.633 bits per heavy atom. The zero-order valence-electron chi connectivity index (χ0n) is 16.9. The van der Waals surface area contributed by atoms with Crippen LogP contribution in [-0.4, -0.2) is 27.4 Å². The highest BCUT2D eigenvalue weighted by Gasteiger charge is 2.22. The molecular weight excluding hydrogens is 370 g/mol. The zero-order valence-corrected chi connectivity index (χ0v) is 16.9. The molecule has 1 aliphatic heterocycles. The van der Waals surface area contributed by atoms with Gasteiger partial charge in [0.2, 0.25) is 11.6 Å². The second-order valence-electron chi connectivity index (χ2n) is 7.51. The van der Waals surface area contributed by atoms with Gasteiger partial charge in [0.05, 0.1) is 17.1 Å². The number of aromatic nitrogens is 3. The molecule has 0 amide bonds. The topological polar surface area (TPSA) is 38.4 Å². The van der Waals surface area contributed by atoms with Crippen molar-refractivity contribution in [3.63, 3.8) is 0 Å². The van der Waals surface area contributed by atoms with E-state index in [-0.39, 0.29) is 0 Å². The van der Waals surface area contributed by atoms with Crippen LogP contribution in [-0.2, 0) is 0 Å². The molecule has 1 aliphatic rings. The van der Waals surface area contributed by atoms with E-state index in [1.54, 1.807) is 0 Å². The molecule has 30 heavy (non-hydrogen) atoms. The summed E-state index contributed by atoms with van der Waals surface area (Å²) >= 11 is 0. The third kappa shape index (κ3) is 3.66. The Morgan fingerprint density at radius 2 is 1.20 bits per heavy atom. The summed E-state index contributed by atoms with van der Waals surface area (Å²) in [5.41, 5.74) is 3.76. The molecule has 150 valence electrons. The van der Waals surface area contributed by atoms with Crippen LogP contribution in [0.25, 0.3) is 11.4 Å². The normalized spacial score (nSPS) is 14.8. The maximum Gasteiger partial charge on any atom is 0.239 e. The number of anilines is 1.